The minimum Gasteiger partial charge on any atom is -0.342 e. The summed E-state index contributed by atoms with van der Waals surface area (Å²) in [7, 11) is 0. The van der Waals surface area contributed by atoms with Crippen LogP contribution >= 0.6 is 23.4 Å². The molecule has 1 heterocycles. The number of hydrogen-bond acceptors (Lipinski definition) is 6. The van der Waals surface area contributed by atoms with E-state index in [1.165, 1.54) is 18.2 Å². The van der Waals surface area contributed by atoms with E-state index in [9.17, 15) is 14.9 Å². The number of aryl methyl sites for hydroxylation is 1. The molecule has 1 amide bonds. The quantitative estimate of drug-likeness (QED) is 0.106. The van der Waals surface area contributed by atoms with Crippen LogP contribution in [0, 0.1) is 17.0 Å². The SMILES string of the molecule is Cc1ccc(-n2c(SCc3ccccc3)nnc2C(Cc2ccccc2)NC(=O)c2ccc(Cl)c([N+](=O)[O-])c2)cc1. The molecule has 5 rings (SSSR count). The zero-order chi connectivity index (χ0) is 28.8. The predicted octanol–water partition coefficient (Wildman–Crippen LogP) is 7.14. The number of carbonyl (C=O) groups excluding carboxylic acids is 1. The fourth-order valence-electron chi connectivity index (χ4n) is 4.35. The summed E-state index contributed by atoms with van der Waals surface area (Å²) in [5, 5.41) is 24.3. The number of nitrogens with one attached hydrogen (secondary N) is 1. The van der Waals surface area contributed by atoms with Crippen molar-refractivity contribution in [3.8, 4) is 5.69 Å². The van der Waals surface area contributed by atoms with Gasteiger partial charge in [-0.1, -0.05) is 102 Å². The molecule has 1 N–H and O–H groups in total. The molecule has 0 saturated heterocycles. The molecule has 0 bridgehead atoms. The minimum atomic E-state index is -0.606. The molecular weight excluding hydrogens is 558 g/mol. The Morgan fingerprint density at radius 1 is 0.951 bits per heavy atom. The number of nitro benzene ring substituents is 1. The van der Waals surface area contributed by atoms with Crippen molar-refractivity contribution >= 4 is 35.0 Å². The second-order valence-electron chi connectivity index (χ2n) is 9.43. The lowest BCUT2D eigenvalue weighted by molar-refractivity contribution is -0.384. The maximum absolute atomic E-state index is 13.5. The van der Waals surface area contributed by atoms with E-state index in [0.29, 0.717) is 23.2 Å². The molecule has 1 unspecified atom stereocenters. The number of rotatable bonds is 10. The molecule has 8 nitrogen and oxygen atoms in total. The molecule has 206 valence electrons. The molecule has 0 aliphatic carbocycles. The molecule has 0 aliphatic rings. The fraction of sp³-hybridized carbons (Fsp3) is 0.129. The van der Waals surface area contributed by atoms with Crippen LogP contribution in [0.15, 0.2) is 108 Å². The fourth-order valence-corrected chi connectivity index (χ4v) is 5.45. The van der Waals surface area contributed by atoms with Gasteiger partial charge >= 0.3 is 0 Å². The number of carbonyl (C=O) groups is 1. The predicted molar refractivity (Wildman–Crippen MR) is 161 cm³/mol. The van der Waals surface area contributed by atoms with E-state index in [1.54, 1.807) is 11.8 Å². The first-order valence-electron chi connectivity index (χ1n) is 12.9. The van der Waals surface area contributed by atoms with Gasteiger partial charge in [-0.15, -0.1) is 10.2 Å². The van der Waals surface area contributed by atoms with Crippen LogP contribution in [0.2, 0.25) is 5.02 Å². The van der Waals surface area contributed by atoms with Gasteiger partial charge in [-0.2, -0.15) is 0 Å². The highest BCUT2D eigenvalue weighted by atomic mass is 35.5. The molecule has 0 saturated carbocycles. The van der Waals surface area contributed by atoms with Gasteiger partial charge in [0.15, 0.2) is 11.0 Å². The largest absolute Gasteiger partial charge is 0.342 e. The number of nitrogens with zero attached hydrogens (tertiary/aromatic N) is 4. The lowest BCUT2D eigenvalue weighted by atomic mass is 10.0. The lowest BCUT2D eigenvalue weighted by Gasteiger charge is -2.20. The van der Waals surface area contributed by atoms with E-state index in [2.05, 4.69) is 27.6 Å². The number of thioether (sulfide) groups is 1. The van der Waals surface area contributed by atoms with Crippen molar-refractivity contribution in [1.82, 2.24) is 20.1 Å². The summed E-state index contributed by atoms with van der Waals surface area (Å²) in [5.41, 5.74) is 3.90. The van der Waals surface area contributed by atoms with Crippen molar-refractivity contribution in [2.24, 2.45) is 0 Å². The van der Waals surface area contributed by atoms with E-state index in [0.717, 1.165) is 22.4 Å². The number of halogens is 1. The van der Waals surface area contributed by atoms with Crippen LogP contribution in [-0.4, -0.2) is 25.6 Å². The standard InChI is InChI=1S/C31H26ClN5O3S/c1-21-12-15-25(16-13-21)36-29(34-35-31(36)41-20-23-10-6-3-7-11-23)27(18-22-8-4-2-5-9-22)33-30(38)24-14-17-26(32)28(19-24)37(39)40/h2-17,19,27H,18,20H2,1H3,(H,33,38). The molecule has 1 atom stereocenters. The second-order valence-corrected chi connectivity index (χ2v) is 10.8. The van der Waals surface area contributed by atoms with E-state index in [4.69, 9.17) is 11.6 Å². The van der Waals surface area contributed by atoms with Gasteiger partial charge in [-0.05, 0) is 48.7 Å². The molecule has 4 aromatic carbocycles. The summed E-state index contributed by atoms with van der Waals surface area (Å²) < 4.78 is 1.96. The Balaban J connectivity index is 1.54. The normalized spacial score (nSPS) is 11.7. The van der Waals surface area contributed by atoms with Gasteiger partial charge in [-0.3, -0.25) is 19.5 Å². The average Bonchev–Trinajstić information content (AvgIpc) is 3.41. The first-order valence-corrected chi connectivity index (χ1v) is 14.2. The Hall–Kier alpha value is -4.47. The molecule has 5 aromatic rings. The maximum Gasteiger partial charge on any atom is 0.288 e. The van der Waals surface area contributed by atoms with Gasteiger partial charge in [0, 0.05) is 23.1 Å². The van der Waals surface area contributed by atoms with Crippen LogP contribution in [0.3, 0.4) is 0 Å². The van der Waals surface area contributed by atoms with Gasteiger partial charge in [0.2, 0.25) is 0 Å². The summed E-state index contributed by atoms with van der Waals surface area (Å²) in [5.74, 6) is 0.752. The monoisotopic (exact) mass is 583 g/mol. The van der Waals surface area contributed by atoms with Gasteiger partial charge in [0.05, 0.1) is 11.0 Å². The number of amides is 1. The van der Waals surface area contributed by atoms with Crippen LogP contribution in [0.25, 0.3) is 5.69 Å². The Morgan fingerprint density at radius 2 is 1.61 bits per heavy atom. The molecule has 0 radical (unpaired) electrons. The molecule has 41 heavy (non-hydrogen) atoms. The van der Waals surface area contributed by atoms with Crippen molar-refractivity contribution in [3.63, 3.8) is 0 Å². The molecule has 0 aliphatic heterocycles. The van der Waals surface area contributed by atoms with E-state index in [1.807, 2.05) is 84.3 Å². The van der Waals surface area contributed by atoms with Gasteiger partial charge in [0.1, 0.15) is 5.02 Å². The Morgan fingerprint density at radius 3 is 2.27 bits per heavy atom. The Bertz CT molecular complexity index is 1660. The van der Waals surface area contributed by atoms with Crippen LogP contribution in [0.4, 0.5) is 5.69 Å². The van der Waals surface area contributed by atoms with Crippen molar-refractivity contribution in [1.29, 1.82) is 0 Å². The van der Waals surface area contributed by atoms with E-state index >= 15 is 0 Å². The van der Waals surface area contributed by atoms with Crippen molar-refractivity contribution in [2.75, 3.05) is 0 Å². The molecule has 0 spiro atoms. The highest BCUT2D eigenvalue weighted by molar-refractivity contribution is 7.98. The van der Waals surface area contributed by atoms with Crippen LogP contribution in [-0.2, 0) is 12.2 Å². The third-order valence-electron chi connectivity index (χ3n) is 6.47. The number of nitro groups is 1. The summed E-state index contributed by atoms with van der Waals surface area (Å²) >= 11 is 7.54. The van der Waals surface area contributed by atoms with Crippen molar-refractivity contribution < 1.29 is 9.72 Å². The summed E-state index contributed by atoms with van der Waals surface area (Å²) in [6.45, 7) is 2.02. The Kier molecular flexibility index (Phi) is 8.76. The Labute approximate surface area is 246 Å². The van der Waals surface area contributed by atoms with Gasteiger partial charge < -0.3 is 5.32 Å². The minimum absolute atomic E-state index is 0.0356. The third-order valence-corrected chi connectivity index (χ3v) is 7.79. The maximum atomic E-state index is 13.5. The zero-order valence-electron chi connectivity index (χ0n) is 22.1. The zero-order valence-corrected chi connectivity index (χ0v) is 23.7. The van der Waals surface area contributed by atoms with Gasteiger partial charge in [0.25, 0.3) is 11.6 Å². The molecule has 1 aromatic heterocycles. The highest BCUT2D eigenvalue weighted by Crippen LogP contribution is 2.30. The molecule has 10 heteroatoms. The highest BCUT2D eigenvalue weighted by Gasteiger charge is 2.26. The van der Waals surface area contributed by atoms with Crippen molar-refractivity contribution in [2.45, 2.75) is 30.3 Å². The van der Waals surface area contributed by atoms with Crippen molar-refractivity contribution in [3.05, 3.63) is 146 Å². The average molecular weight is 584 g/mol. The summed E-state index contributed by atoms with van der Waals surface area (Å²) in [4.78, 5) is 24.3. The third kappa shape index (κ3) is 6.82. The lowest BCUT2D eigenvalue weighted by Crippen LogP contribution is -2.32. The topological polar surface area (TPSA) is 103 Å². The summed E-state index contributed by atoms with van der Waals surface area (Å²) in [6, 6.07) is 31.3. The van der Waals surface area contributed by atoms with Crippen LogP contribution in [0.1, 0.15) is 38.9 Å². The van der Waals surface area contributed by atoms with Crippen LogP contribution < -0.4 is 5.32 Å². The summed E-state index contributed by atoms with van der Waals surface area (Å²) in [6.07, 6.45) is 0.426. The van der Waals surface area contributed by atoms with E-state index in [-0.39, 0.29) is 16.3 Å². The number of benzene rings is 4. The van der Waals surface area contributed by atoms with E-state index < -0.39 is 16.9 Å². The molecular formula is C31H26ClN5O3S. The van der Waals surface area contributed by atoms with Crippen LogP contribution in [0.5, 0.6) is 0 Å². The second kappa shape index (κ2) is 12.8. The first kappa shape index (κ1) is 28.1. The smallest absolute Gasteiger partial charge is 0.288 e. The van der Waals surface area contributed by atoms with Gasteiger partial charge in [-0.25, -0.2) is 0 Å². The number of hydrogen-bond donors (Lipinski definition) is 1. The number of aromatic nitrogens is 3. The first-order chi connectivity index (χ1) is 19.9. The molecule has 0 fully saturated rings.